The van der Waals surface area contributed by atoms with Crippen molar-refractivity contribution in [2.45, 2.75) is 6.42 Å². The zero-order valence-corrected chi connectivity index (χ0v) is 15.8. The van der Waals surface area contributed by atoms with Gasteiger partial charge in [-0.2, -0.15) is 5.10 Å². The SMILES string of the molecule is O=C(Cc1ccccc1[N+](=O)[O-])N/N=C\c1ccc(-c2ccc(Cl)c(Cl)c2)o1. The number of carbonyl (C=O) groups is 1. The largest absolute Gasteiger partial charge is 0.455 e. The molecule has 0 saturated heterocycles. The van der Waals surface area contributed by atoms with Crippen molar-refractivity contribution in [1.29, 1.82) is 0 Å². The highest BCUT2D eigenvalue weighted by atomic mass is 35.5. The Bertz CT molecular complexity index is 1060. The number of furan rings is 1. The molecule has 2 aromatic carbocycles. The second-order valence-corrected chi connectivity index (χ2v) is 6.50. The van der Waals surface area contributed by atoms with E-state index < -0.39 is 10.8 Å². The van der Waals surface area contributed by atoms with Gasteiger partial charge in [0.1, 0.15) is 11.5 Å². The molecule has 1 aromatic heterocycles. The van der Waals surface area contributed by atoms with E-state index in [9.17, 15) is 14.9 Å². The van der Waals surface area contributed by atoms with Gasteiger partial charge >= 0.3 is 0 Å². The Morgan fingerprint density at radius 1 is 1.14 bits per heavy atom. The zero-order valence-electron chi connectivity index (χ0n) is 14.3. The van der Waals surface area contributed by atoms with Crippen LogP contribution in [0.1, 0.15) is 11.3 Å². The smallest absolute Gasteiger partial charge is 0.273 e. The summed E-state index contributed by atoms with van der Waals surface area (Å²) in [6, 6.07) is 14.6. The summed E-state index contributed by atoms with van der Waals surface area (Å²) < 4.78 is 5.62. The van der Waals surface area contributed by atoms with Gasteiger partial charge < -0.3 is 4.42 Å². The van der Waals surface area contributed by atoms with Crippen molar-refractivity contribution in [3.05, 3.63) is 86.1 Å². The van der Waals surface area contributed by atoms with Crippen LogP contribution in [0.25, 0.3) is 11.3 Å². The van der Waals surface area contributed by atoms with E-state index in [2.05, 4.69) is 10.5 Å². The standard InChI is InChI=1S/C19H13Cl2N3O4/c20-15-7-5-13(9-16(15)21)18-8-6-14(28-18)11-22-23-19(25)10-12-3-1-2-4-17(12)24(26)27/h1-9,11H,10H2,(H,23,25)/b22-11-. The Balaban J connectivity index is 1.62. The van der Waals surface area contributed by atoms with Crippen molar-refractivity contribution in [3.8, 4) is 11.3 Å². The lowest BCUT2D eigenvalue weighted by molar-refractivity contribution is -0.385. The van der Waals surface area contributed by atoms with Crippen molar-refractivity contribution in [3.63, 3.8) is 0 Å². The van der Waals surface area contributed by atoms with Crippen LogP contribution in [-0.2, 0) is 11.2 Å². The minimum atomic E-state index is -0.528. The average molecular weight is 418 g/mol. The van der Waals surface area contributed by atoms with E-state index in [1.54, 1.807) is 42.5 Å². The molecule has 0 aliphatic carbocycles. The number of hydrogen-bond acceptors (Lipinski definition) is 5. The van der Waals surface area contributed by atoms with E-state index in [0.29, 0.717) is 27.1 Å². The van der Waals surface area contributed by atoms with Crippen molar-refractivity contribution >= 4 is 41.0 Å². The quantitative estimate of drug-likeness (QED) is 0.351. The number of halogens is 2. The highest BCUT2D eigenvalue weighted by Crippen LogP contribution is 2.29. The number of nitro benzene ring substituents is 1. The maximum absolute atomic E-state index is 12.0. The van der Waals surface area contributed by atoms with Gasteiger partial charge in [0, 0.05) is 17.2 Å². The molecule has 0 fully saturated rings. The predicted molar refractivity (Wildman–Crippen MR) is 107 cm³/mol. The molecule has 28 heavy (non-hydrogen) atoms. The van der Waals surface area contributed by atoms with Crippen molar-refractivity contribution in [1.82, 2.24) is 5.43 Å². The van der Waals surface area contributed by atoms with Gasteiger partial charge in [-0.1, -0.05) is 41.4 Å². The number of amides is 1. The van der Waals surface area contributed by atoms with Crippen LogP contribution in [0.3, 0.4) is 0 Å². The van der Waals surface area contributed by atoms with Crippen molar-refractivity contribution in [2.75, 3.05) is 0 Å². The third kappa shape index (κ3) is 4.76. The normalized spacial score (nSPS) is 10.9. The molecule has 0 spiro atoms. The van der Waals surface area contributed by atoms with Gasteiger partial charge in [0.05, 0.1) is 27.6 Å². The van der Waals surface area contributed by atoms with Crippen LogP contribution in [-0.4, -0.2) is 17.0 Å². The number of hydrogen-bond donors (Lipinski definition) is 1. The second kappa shape index (κ2) is 8.69. The van der Waals surface area contributed by atoms with E-state index in [4.69, 9.17) is 27.6 Å². The Hall–Kier alpha value is -3.16. The number of benzene rings is 2. The van der Waals surface area contributed by atoms with Crippen LogP contribution in [0.5, 0.6) is 0 Å². The molecule has 0 unspecified atom stereocenters. The summed E-state index contributed by atoms with van der Waals surface area (Å²) in [6.45, 7) is 0. The number of nitrogens with one attached hydrogen (secondary N) is 1. The number of nitro groups is 1. The molecule has 3 aromatic rings. The fourth-order valence-electron chi connectivity index (χ4n) is 2.45. The molecule has 1 amide bonds. The van der Waals surface area contributed by atoms with Gasteiger partial charge in [0.15, 0.2) is 0 Å². The summed E-state index contributed by atoms with van der Waals surface area (Å²) in [5.41, 5.74) is 3.26. The first-order chi connectivity index (χ1) is 13.4. The highest BCUT2D eigenvalue weighted by molar-refractivity contribution is 6.42. The van der Waals surface area contributed by atoms with Gasteiger partial charge in [-0.25, -0.2) is 5.43 Å². The molecule has 0 radical (unpaired) electrons. The van der Waals surface area contributed by atoms with E-state index in [-0.39, 0.29) is 12.1 Å². The molecule has 9 heteroatoms. The molecular weight excluding hydrogens is 405 g/mol. The number of nitrogens with zero attached hydrogens (tertiary/aromatic N) is 2. The summed E-state index contributed by atoms with van der Waals surface area (Å²) in [5, 5.41) is 15.6. The van der Waals surface area contributed by atoms with Gasteiger partial charge in [-0.05, 0) is 30.3 Å². The molecule has 0 aliphatic heterocycles. The molecular formula is C19H13Cl2N3O4. The van der Waals surface area contributed by atoms with Crippen LogP contribution in [0.15, 0.2) is 64.1 Å². The minimum absolute atomic E-state index is 0.112. The van der Waals surface area contributed by atoms with Crippen LogP contribution >= 0.6 is 23.2 Å². The second-order valence-electron chi connectivity index (χ2n) is 5.69. The summed E-state index contributed by atoms with van der Waals surface area (Å²) in [5.74, 6) is 0.486. The summed E-state index contributed by atoms with van der Waals surface area (Å²) in [6.07, 6.45) is 1.17. The van der Waals surface area contributed by atoms with Crippen molar-refractivity contribution < 1.29 is 14.1 Å². The van der Waals surface area contributed by atoms with Gasteiger partial charge in [-0.15, -0.1) is 0 Å². The van der Waals surface area contributed by atoms with Crippen LogP contribution in [0, 0.1) is 10.1 Å². The van der Waals surface area contributed by atoms with Crippen molar-refractivity contribution in [2.24, 2.45) is 5.10 Å². The van der Waals surface area contributed by atoms with E-state index in [1.807, 2.05) is 0 Å². The summed E-state index contributed by atoms with van der Waals surface area (Å²) >= 11 is 11.9. The molecule has 0 aliphatic rings. The lowest BCUT2D eigenvalue weighted by Crippen LogP contribution is -2.20. The van der Waals surface area contributed by atoms with E-state index >= 15 is 0 Å². The van der Waals surface area contributed by atoms with Gasteiger partial charge in [-0.3, -0.25) is 14.9 Å². The van der Waals surface area contributed by atoms with Crippen LogP contribution in [0.4, 0.5) is 5.69 Å². The number of para-hydroxylation sites is 1. The molecule has 0 bridgehead atoms. The molecule has 7 nitrogen and oxygen atoms in total. The van der Waals surface area contributed by atoms with Gasteiger partial charge in [0.25, 0.3) is 5.69 Å². The molecule has 3 rings (SSSR count). The van der Waals surface area contributed by atoms with Crippen LogP contribution < -0.4 is 5.43 Å². The third-order valence-corrected chi connectivity index (χ3v) is 4.49. The molecule has 1 heterocycles. The first-order valence-corrected chi connectivity index (χ1v) is 8.79. The van der Waals surface area contributed by atoms with Gasteiger partial charge in [0.2, 0.25) is 5.91 Å². The predicted octanol–water partition coefficient (Wildman–Crippen LogP) is 4.85. The Morgan fingerprint density at radius 3 is 2.68 bits per heavy atom. The first kappa shape index (κ1) is 19.6. The average Bonchev–Trinajstić information content (AvgIpc) is 3.13. The lowest BCUT2D eigenvalue weighted by atomic mass is 10.1. The zero-order chi connectivity index (χ0) is 20.1. The molecule has 142 valence electrons. The lowest BCUT2D eigenvalue weighted by Gasteiger charge is -2.01. The Labute approximate surface area is 169 Å². The van der Waals surface area contributed by atoms with Crippen LogP contribution in [0.2, 0.25) is 10.0 Å². The van der Waals surface area contributed by atoms with E-state index in [1.165, 1.54) is 18.3 Å². The fraction of sp³-hybridized carbons (Fsp3) is 0.0526. The summed E-state index contributed by atoms with van der Waals surface area (Å²) in [4.78, 5) is 22.4. The van der Waals surface area contributed by atoms with E-state index in [0.717, 1.165) is 5.56 Å². The third-order valence-electron chi connectivity index (χ3n) is 3.75. The Morgan fingerprint density at radius 2 is 1.93 bits per heavy atom. The maximum Gasteiger partial charge on any atom is 0.273 e. The monoisotopic (exact) mass is 417 g/mol. The number of rotatable bonds is 6. The topological polar surface area (TPSA) is 97.7 Å². The minimum Gasteiger partial charge on any atom is -0.455 e. The molecule has 0 saturated carbocycles. The molecule has 0 atom stereocenters. The Kier molecular flexibility index (Phi) is 6.08. The highest BCUT2D eigenvalue weighted by Gasteiger charge is 2.15. The summed E-state index contributed by atoms with van der Waals surface area (Å²) in [7, 11) is 0. The maximum atomic E-state index is 12.0. The molecule has 1 N–H and O–H groups in total. The number of carbonyl (C=O) groups excluding carboxylic acids is 1. The first-order valence-electron chi connectivity index (χ1n) is 8.03. The number of hydrazone groups is 1. The fourth-order valence-corrected chi connectivity index (χ4v) is 2.74.